The molecule has 0 amide bonds. The SMILES string of the molecule is CCOC(=O)c1c(C2CC2)nc2cc(Oc3ccccc3)c(Oc3ccccc3)cc2c1Oc1ccccc1. The number of pyridine rings is 1. The first kappa shape index (κ1) is 24.5. The van der Waals surface area contributed by atoms with Crippen molar-refractivity contribution in [1.82, 2.24) is 4.98 Å². The minimum atomic E-state index is -0.449. The van der Waals surface area contributed by atoms with E-state index in [1.165, 1.54) is 0 Å². The molecule has 0 aliphatic heterocycles. The highest BCUT2D eigenvalue weighted by atomic mass is 16.5. The van der Waals surface area contributed by atoms with Gasteiger partial charge < -0.3 is 18.9 Å². The Morgan fingerprint density at radius 1 is 0.744 bits per heavy atom. The maximum absolute atomic E-state index is 13.3. The van der Waals surface area contributed by atoms with Gasteiger partial charge in [0.05, 0.1) is 17.8 Å². The molecule has 0 N–H and O–H groups in total. The number of carbonyl (C=O) groups is 1. The molecule has 1 saturated carbocycles. The summed E-state index contributed by atoms with van der Waals surface area (Å²) in [5, 5.41) is 0.623. The fourth-order valence-electron chi connectivity index (χ4n) is 4.42. The van der Waals surface area contributed by atoms with Gasteiger partial charge in [-0.2, -0.15) is 0 Å². The van der Waals surface area contributed by atoms with Gasteiger partial charge in [0.25, 0.3) is 0 Å². The Morgan fingerprint density at radius 2 is 1.26 bits per heavy atom. The van der Waals surface area contributed by atoms with E-state index < -0.39 is 5.97 Å². The van der Waals surface area contributed by atoms with Crippen molar-refractivity contribution in [2.75, 3.05) is 6.61 Å². The first-order valence-corrected chi connectivity index (χ1v) is 13.1. The van der Waals surface area contributed by atoms with E-state index in [9.17, 15) is 4.79 Å². The molecule has 0 atom stereocenters. The van der Waals surface area contributed by atoms with Gasteiger partial charge in [0.1, 0.15) is 22.8 Å². The molecule has 6 rings (SSSR count). The van der Waals surface area contributed by atoms with Crippen molar-refractivity contribution < 1.29 is 23.7 Å². The van der Waals surface area contributed by atoms with Crippen molar-refractivity contribution in [1.29, 1.82) is 0 Å². The lowest BCUT2D eigenvalue weighted by Gasteiger charge is -2.19. The molecule has 0 bridgehead atoms. The first-order valence-electron chi connectivity index (χ1n) is 13.1. The van der Waals surface area contributed by atoms with E-state index in [0.717, 1.165) is 12.8 Å². The monoisotopic (exact) mass is 517 g/mol. The van der Waals surface area contributed by atoms with E-state index in [1.807, 2.05) is 103 Å². The van der Waals surface area contributed by atoms with Crippen molar-refractivity contribution in [2.24, 2.45) is 0 Å². The Morgan fingerprint density at radius 3 is 1.77 bits per heavy atom. The van der Waals surface area contributed by atoms with Gasteiger partial charge in [0, 0.05) is 17.4 Å². The highest BCUT2D eigenvalue weighted by Crippen LogP contribution is 2.48. The van der Waals surface area contributed by atoms with Crippen LogP contribution in [0.3, 0.4) is 0 Å². The molecule has 4 aromatic carbocycles. The highest BCUT2D eigenvalue weighted by molar-refractivity contribution is 6.02. The summed E-state index contributed by atoms with van der Waals surface area (Å²) < 4.78 is 24.5. The van der Waals surface area contributed by atoms with Crippen LogP contribution < -0.4 is 14.2 Å². The molecule has 0 radical (unpaired) electrons. The number of hydrogen-bond acceptors (Lipinski definition) is 6. The van der Waals surface area contributed by atoms with Crippen LogP contribution in [-0.2, 0) is 4.74 Å². The minimum absolute atomic E-state index is 0.172. The Kier molecular flexibility index (Phi) is 6.83. The van der Waals surface area contributed by atoms with Gasteiger partial charge in [-0.1, -0.05) is 54.6 Å². The molecule has 0 saturated heterocycles. The molecule has 1 heterocycles. The van der Waals surface area contributed by atoms with E-state index in [0.29, 0.717) is 56.7 Å². The topological polar surface area (TPSA) is 66.9 Å². The van der Waals surface area contributed by atoms with E-state index in [-0.39, 0.29) is 12.5 Å². The molecule has 1 fully saturated rings. The second-order valence-electron chi connectivity index (χ2n) is 9.26. The lowest BCUT2D eigenvalue weighted by atomic mass is 10.0. The van der Waals surface area contributed by atoms with Gasteiger partial charge in [-0.25, -0.2) is 4.79 Å². The summed E-state index contributed by atoms with van der Waals surface area (Å²) in [6, 6.07) is 32.1. The molecule has 0 unspecified atom stereocenters. The number of fused-ring (bicyclic) bond motifs is 1. The number of rotatable bonds is 9. The van der Waals surface area contributed by atoms with Crippen molar-refractivity contribution >= 4 is 16.9 Å². The highest BCUT2D eigenvalue weighted by Gasteiger charge is 2.34. The summed E-state index contributed by atoms with van der Waals surface area (Å²) in [7, 11) is 0. The number of benzene rings is 4. The largest absolute Gasteiger partial charge is 0.462 e. The van der Waals surface area contributed by atoms with Gasteiger partial charge in [-0.3, -0.25) is 4.98 Å². The van der Waals surface area contributed by atoms with E-state index in [1.54, 1.807) is 6.92 Å². The maximum atomic E-state index is 13.3. The van der Waals surface area contributed by atoms with Crippen LogP contribution in [0.4, 0.5) is 0 Å². The van der Waals surface area contributed by atoms with E-state index in [4.69, 9.17) is 23.9 Å². The minimum Gasteiger partial charge on any atom is -0.462 e. The van der Waals surface area contributed by atoms with Crippen molar-refractivity contribution in [3.05, 3.63) is 114 Å². The normalized spacial score (nSPS) is 12.6. The lowest BCUT2D eigenvalue weighted by molar-refractivity contribution is 0.0522. The van der Waals surface area contributed by atoms with Gasteiger partial charge in [-0.15, -0.1) is 0 Å². The Labute approximate surface area is 226 Å². The summed E-state index contributed by atoms with van der Waals surface area (Å²) >= 11 is 0. The van der Waals surface area contributed by atoms with Gasteiger partial charge >= 0.3 is 5.97 Å². The number of aromatic nitrogens is 1. The van der Waals surface area contributed by atoms with Crippen LogP contribution in [0.25, 0.3) is 10.9 Å². The van der Waals surface area contributed by atoms with Gasteiger partial charge in [-0.05, 0) is 62.2 Å². The molecule has 1 aliphatic carbocycles. The van der Waals surface area contributed by atoms with Crippen molar-refractivity contribution in [3.8, 4) is 34.5 Å². The fourth-order valence-corrected chi connectivity index (χ4v) is 4.42. The lowest BCUT2D eigenvalue weighted by Crippen LogP contribution is -2.12. The van der Waals surface area contributed by atoms with Crippen molar-refractivity contribution in [2.45, 2.75) is 25.7 Å². The predicted molar refractivity (Wildman–Crippen MR) is 149 cm³/mol. The fraction of sp³-hybridized carbons (Fsp3) is 0.152. The zero-order valence-corrected chi connectivity index (χ0v) is 21.5. The van der Waals surface area contributed by atoms with Crippen LogP contribution in [0.2, 0.25) is 0 Å². The zero-order valence-electron chi connectivity index (χ0n) is 21.5. The second-order valence-corrected chi connectivity index (χ2v) is 9.26. The molecule has 6 heteroatoms. The first-order chi connectivity index (χ1) is 19.2. The van der Waals surface area contributed by atoms with Crippen LogP contribution >= 0.6 is 0 Å². The number of para-hydroxylation sites is 3. The average molecular weight is 518 g/mol. The van der Waals surface area contributed by atoms with Crippen LogP contribution in [0.1, 0.15) is 41.7 Å². The average Bonchev–Trinajstić information content (AvgIpc) is 3.81. The van der Waals surface area contributed by atoms with E-state index >= 15 is 0 Å². The second kappa shape index (κ2) is 10.9. The molecular weight excluding hydrogens is 490 g/mol. The number of nitrogens with zero attached hydrogens (tertiary/aromatic N) is 1. The molecule has 1 aromatic heterocycles. The number of carbonyl (C=O) groups excluding carboxylic acids is 1. The van der Waals surface area contributed by atoms with Gasteiger partial charge in [0.15, 0.2) is 17.2 Å². The summed E-state index contributed by atoms with van der Waals surface area (Å²) in [5.74, 6) is 3.01. The molecule has 0 spiro atoms. The smallest absolute Gasteiger partial charge is 0.343 e. The molecule has 6 nitrogen and oxygen atoms in total. The van der Waals surface area contributed by atoms with E-state index in [2.05, 4.69) is 0 Å². The Hall–Kier alpha value is -4.84. The molecule has 194 valence electrons. The predicted octanol–water partition coefficient (Wildman–Crippen LogP) is 8.67. The summed E-state index contributed by atoms with van der Waals surface area (Å²) in [4.78, 5) is 18.3. The van der Waals surface area contributed by atoms with Gasteiger partial charge in [0.2, 0.25) is 0 Å². The van der Waals surface area contributed by atoms with Crippen LogP contribution in [-0.4, -0.2) is 17.6 Å². The third kappa shape index (κ3) is 5.41. The molecular formula is C33H27NO5. The third-order valence-electron chi connectivity index (χ3n) is 6.38. The number of ether oxygens (including phenoxy) is 4. The summed E-state index contributed by atoms with van der Waals surface area (Å²) in [6.07, 6.45) is 1.91. The quantitative estimate of drug-likeness (QED) is 0.182. The van der Waals surface area contributed by atoms with Crippen LogP contribution in [0, 0.1) is 0 Å². The Bertz CT molecular complexity index is 1600. The molecule has 5 aromatic rings. The summed E-state index contributed by atoms with van der Waals surface area (Å²) in [5.41, 5.74) is 1.69. The van der Waals surface area contributed by atoms with Crippen LogP contribution in [0.5, 0.6) is 34.5 Å². The number of esters is 1. The molecule has 1 aliphatic rings. The Balaban J connectivity index is 1.58. The maximum Gasteiger partial charge on any atom is 0.343 e. The number of hydrogen-bond donors (Lipinski definition) is 0. The summed E-state index contributed by atoms with van der Waals surface area (Å²) in [6.45, 7) is 2.04. The zero-order chi connectivity index (χ0) is 26.6. The van der Waals surface area contributed by atoms with Crippen LogP contribution in [0.15, 0.2) is 103 Å². The van der Waals surface area contributed by atoms with Crippen molar-refractivity contribution in [3.63, 3.8) is 0 Å². The standard InChI is InChI=1S/C33H27NO5/c1-2-36-33(35)30-31(22-18-19-22)34-27-21-29(38-24-14-8-4-9-15-24)28(37-23-12-6-3-7-13-23)20-26(27)32(30)39-25-16-10-5-11-17-25/h3-17,20-22H,2,18-19H2,1H3. The third-order valence-corrected chi connectivity index (χ3v) is 6.38. The molecule has 39 heavy (non-hydrogen) atoms.